The average Bonchev–Trinajstić information content (AvgIpc) is 2.60. The molecule has 1 aliphatic rings. The molecule has 0 aromatic heterocycles. The standard InChI is InChI=1S/C12H20O3/c1-3-4-5-6-9-10(12(14)15-2)7-8-11(9)13/h9-10H,3-8H2,1-2H3/t9-,10+/m1/s1. The zero-order chi connectivity index (χ0) is 11.3. The molecule has 1 fully saturated rings. The Morgan fingerprint density at radius 2 is 2.20 bits per heavy atom. The Morgan fingerprint density at radius 1 is 1.47 bits per heavy atom. The van der Waals surface area contributed by atoms with E-state index in [4.69, 9.17) is 4.74 Å². The normalized spacial score (nSPS) is 25.6. The highest BCUT2D eigenvalue weighted by atomic mass is 16.5. The minimum Gasteiger partial charge on any atom is -0.469 e. The molecule has 0 saturated heterocycles. The van der Waals surface area contributed by atoms with Gasteiger partial charge in [0.15, 0.2) is 0 Å². The highest BCUT2D eigenvalue weighted by Gasteiger charge is 2.39. The second-order valence-electron chi connectivity index (χ2n) is 4.24. The van der Waals surface area contributed by atoms with Crippen molar-refractivity contribution in [3.8, 4) is 0 Å². The number of hydrogen-bond acceptors (Lipinski definition) is 3. The first-order valence-corrected chi connectivity index (χ1v) is 5.81. The van der Waals surface area contributed by atoms with Crippen molar-refractivity contribution >= 4 is 11.8 Å². The van der Waals surface area contributed by atoms with Crippen LogP contribution in [0.15, 0.2) is 0 Å². The van der Waals surface area contributed by atoms with Crippen LogP contribution >= 0.6 is 0 Å². The first kappa shape index (κ1) is 12.2. The van der Waals surface area contributed by atoms with Crippen molar-refractivity contribution in [2.75, 3.05) is 7.11 Å². The molecule has 0 amide bonds. The van der Waals surface area contributed by atoms with Crippen molar-refractivity contribution < 1.29 is 14.3 Å². The number of ether oxygens (including phenoxy) is 1. The number of rotatable bonds is 5. The van der Waals surface area contributed by atoms with Crippen molar-refractivity contribution in [3.63, 3.8) is 0 Å². The van der Waals surface area contributed by atoms with Crippen LogP contribution in [0.2, 0.25) is 0 Å². The number of esters is 1. The summed E-state index contributed by atoms with van der Waals surface area (Å²) in [5, 5.41) is 0. The van der Waals surface area contributed by atoms with Gasteiger partial charge in [0, 0.05) is 12.3 Å². The fourth-order valence-electron chi connectivity index (χ4n) is 2.32. The van der Waals surface area contributed by atoms with E-state index in [1.165, 1.54) is 7.11 Å². The first-order valence-electron chi connectivity index (χ1n) is 5.81. The van der Waals surface area contributed by atoms with E-state index >= 15 is 0 Å². The van der Waals surface area contributed by atoms with Gasteiger partial charge in [0.05, 0.1) is 13.0 Å². The number of ketones is 1. The van der Waals surface area contributed by atoms with Crippen LogP contribution < -0.4 is 0 Å². The average molecular weight is 212 g/mol. The highest BCUT2D eigenvalue weighted by Crippen LogP contribution is 2.33. The van der Waals surface area contributed by atoms with Crippen LogP contribution in [0.5, 0.6) is 0 Å². The predicted octanol–water partition coefficient (Wildman–Crippen LogP) is 2.33. The van der Waals surface area contributed by atoms with Crippen molar-refractivity contribution in [2.45, 2.75) is 45.4 Å². The van der Waals surface area contributed by atoms with Crippen LogP contribution in [0.1, 0.15) is 45.4 Å². The Morgan fingerprint density at radius 3 is 2.80 bits per heavy atom. The third kappa shape index (κ3) is 3.05. The number of carbonyl (C=O) groups is 2. The SMILES string of the molecule is CCCCC[C@H]1C(=O)CC[C@@H]1C(=O)OC. The molecule has 0 N–H and O–H groups in total. The minimum atomic E-state index is -0.206. The van der Waals surface area contributed by atoms with Crippen molar-refractivity contribution in [3.05, 3.63) is 0 Å². The molecule has 15 heavy (non-hydrogen) atoms. The fraction of sp³-hybridized carbons (Fsp3) is 0.833. The van der Waals surface area contributed by atoms with Gasteiger partial charge in [-0.05, 0) is 12.8 Å². The summed E-state index contributed by atoms with van der Waals surface area (Å²) < 4.78 is 4.73. The maximum absolute atomic E-state index is 11.6. The number of carbonyl (C=O) groups excluding carboxylic acids is 2. The van der Waals surface area contributed by atoms with E-state index in [2.05, 4.69) is 6.92 Å². The zero-order valence-electron chi connectivity index (χ0n) is 9.62. The molecule has 1 saturated carbocycles. The summed E-state index contributed by atoms with van der Waals surface area (Å²) in [4.78, 5) is 23.0. The van der Waals surface area contributed by atoms with Crippen molar-refractivity contribution in [2.24, 2.45) is 11.8 Å². The maximum Gasteiger partial charge on any atom is 0.309 e. The number of hydrogen-bond donors (Lipinski definition) is 0. The minimum absolute atomic E-state index is 0.0657. The molecule has 0 aromatic carbocycles. The molecule has 3 nitrogen and oxygen atoms in total. The molecule has 0 aliphatic heterocycles. The molecule has 0 heterocycles. The Hall–Kier alpha value is -0.860. The summed E-state index contributed by atoms with van der Waals surface area (Å²) in [5.74, 6) is -0.188. The number of methoxy groups -OCH3 is 1. The lowest BCUT2D eigenvalue weighted by Crippen LogP contribution is -2.23. The molecule has 1 rings (SSSR count). The van der Waals surface area contributed by atoms with Crippen LogP contribution in [0, 0.1) is 11.8 Å². The molecular weight excluding hydrogens is 192 g/mol. The Kier molecular flexibility index (Phi) is 4.79. The van der Waals surface area contributed by atoms with E-state index in [0.29, 0.717) is 12.8 Å². The van der Waals surface area contributed by atoms with Gasteiger partial charge in [-0.1, -0.05) is 26.2 Å². The maximum atomic E-state index is 11.6. The van der Waals surface area contributed by atoms with Crippen LogP contribution in [-0.4, -0.2) is 18.9 Å². The lowest BCUT2D eigenvalue weighted by Gasteiger charge is -2.15. The third-order valence-electron chi connectivity index (χ3n) is 3.22. The third-order valence-corrected chi connectivity index (χ3v) is 3.22. The molecule has 0 radical (unpaired) electrons. The molecule has 0 aromatic rings. The van der Waals surface area contributed by atoms with E-state index in [1.807, 2.05) is 0 Å². The lowest BCUT2D eigenvalue weighted by atomic mass is 9.90. The Balaban J connectivity index is 2.49. The van der Waals surface area contributed by atoms with Gasteiger partial charge in [0.2, 0.25) is 0 Å². The van der Waals surface area contributed by atoms with Gasteiger partial charge < -0.3 is 4.74 Å². The van der Waals surface area contributed by atoms with Gasteiger partial charge in [0.25, 0.3) is 0 Å². The van der Waals surface area contributed by atoms with Gasteiger partial charge in [-0.3, -0.25) is 9.59 Å². The second kappa shape index (κ2) is 5.89. The van der Waals surface area contributed by atoms with E-state index in [0.717, 1.165) is 25.7 Å². The van der Waals surface area contributed by atoms with Gasteiger partial charge in [0.1, 0.15) is 5.78 Å². The highest BCUT2D eigenvalue weighted by molar-refractivity contribution is 5.90. The topological polar surface area (TPSA) is 43.4 Å². The molecule has 0 spiro atoms. The van der Waals surface area contributed by atoms with E-state index in [-0.39, 0.29) is 23.6 Å². The van der Waals surface area contributed by atoms with Crippen LogP contribution in [0.3, 0.4) is 0 Å². The van der Waals surface area contributed by atoms with Crippen LogP contribution in [0.25, 0.3) is 0 Å². The van der Waals surface area contributed by atoms with E-state index in [9.17, 15) is 9.59 Å². The summed E-state index contributed by atoms with van der Waals surface area (Å²) >= 11 is 0. The largest absolute Gasteiger partial charge is 0.469 e. The first-order chi connectivity index (χ1) is 7.20. The molecule has 86 valence electrons. The molecule has 2 atom stereocenters. The second-order valence-corrected chi connectivity index (χ2v) is 4.24. The molecule has 3 heteroatoms. The smallest absolute Gasteiger partial charge is 0.309 e. The Bertz CT molecular complexity index is 235. The number of Topliss-reactive ketones (excluding diaryl/α,β-unsaturated/α-hetero) is 1. The van der Waals surface area contributed by atoms with Crippen LogP contribution in [-0.2, 0) is 14.3 Å². The van der Waals surface area contributed by atoms with Gasteiger partial charge in [-0.15, -0.1) is 0 Å². The summed E-state index contributed by atoms with van der Waals surface area (Å²) in [6, 6.07) is 0. The van der Waals surface area contributed by atoms with Gasteiger partial charge in [-0.2, -0.15) is 0 Å². The van der Waals surface area contributed by atoms with Crippen molar-refractivity contribution in [1.82, 2.24) is 0 Å². The summed E-state index contributed by atoms with van der Waals surface area (Å²) in [6.07, 6.45) is 5.41. The van der Waals surface area contributed by atoms with Crippen molar-refractivity contribution in [1.29, 1.82) is 0 Å². The summed E-state index contributed by atoms with van der Waals surface area (Å²) in [7, 11) is 1.40. The molecule has 1 aliphatic carbocycles. The van der Waals surface area contributed by atoms with Gasteiger partial charge >= 0.3 is 5.97 Å². The van der Waals surface area contributed by atoms with E-state index < -0.39 is 0 Å². The predicted molar refractivity (Wildman–Crippen MR) is 57.4 cm³/mol. The van der Waals surface area contributed by atoms with Crippen LogP contribution in [0.4, 0.5) is 0 Å². The van der Waals surface area contributed by atoms with Gasteiger partial charge in [-0.25, -0.2) is 0 Å². The zero-order valence-corrected chi connectivity index (χ0v) is 9.62. The van der Waals surface area contributed by atoms with E-state index in [1.54, 1.807) is 0 Å². The molecular formula is C12H20O3. The summed E-state index contributed by atoms with van der Waals surface area (Å²) in [5.41, 5.74) is 0. The lowest BCUT2D eigenvalue weighted by molar-refractivity contribution is -0.148. The summed E-state index contributed by atoms with van der Waals surface area (Å²) in [6.45, 7) is 2.13. The monoisotopic (exact) mass is 212 g/mol. The number of unbranched alkanes of at least 4 members (excludes halogenated alkanes) is 2. The quantitative estimate of drug-likeness (QED) is 0.519. The molecule has 0 bridgehead atoms. The fourth-order valence-corrected chi connectivity index (χ4v) is 2.32. The Labute approximate surface area is 91.2 Å². The molecule has 0 unspecified atom stereocenters.